The van der Waals surface area contributed by atoms with Crippen LogP contribution in [0.3, 0.4) is 0 Å². The Balaban J connectivity index is 1.88. The lowest BCUT2D eigenvalue weighted by Crippen LogP contribution is -2.41. The van der Waals surface area contributed by atoms with Crippen molar-refractivity contribution < 1.29 is 4.74 Å². The summed E-state index contributed by atoms with van der Waals surface area (Å²) in [4.78, 5) is 5.82. The SMILES string of the molecule is CNC1CCCCC1OCc1nc(C)c(C)s1. The first kappa shape index (κ1) is 13.0. The van der Waals surface area contributed by atoms with Crippen molar-refractivity contribution in [1.29, 1.82) is 0 Å². The van der Waals surface area contributed by atoms with E-state index < -0.39 is 0 Å². The van der Waals surface area contributed by atoms with Gasteiger partial charge in [-0.3, -0.25) is 0 Å². The molecule has 2 unspecified atom stereocenters. The molecule has 1 fully saturated rings. The van der Waals surface area contributed by atoms with Crippen molar-refractivity contribution in [1.82, 2.24) is 10.3 Å². The van der Waals surface area contributed by atoms with Gasteiger partial charge in [0.2, 0.25) is 0 Å². The van der Waals surface area contributed by atoms with Crippen molar-refractivity contribution in [3.05, 3.63) is 15.6 Å². The van der Waals surface area contributed by atoms with E-state index in [4.69, 9.17) is 4.74 Å². The van der Waals surface area contributed by atoms with Crippen LogP contribution < -0.4 is 5.32 Å². The number of hydrogen-bond donors (Lipinski definition) is 1. The third-order valence-electron chi connectivity index (χ3n) is 3.57. The fourth-order valence-electron chi connectivity index (χ4n) is 2.41. The Bertz CT molecular complexity index is 345. The van der Waals surface area contributed by atoms with E-state index in [9.17, 15) is 0 Å². The van der Waals surface area contributed by atoms with E-state index in [0.29, 0.717) is 18.8 Å². The van der Waals surface area contributed by atoms with Crippen LogP contribution in [0.2, 0.25) is 0 Å². The van der Waals surface area contributed by atoms with Crippen molar-refractivity contribution in [2.75, 3.05) is 7.05 Å². The van der Waals surface area contributed by atoms with Crippen molar-refractivity contribution in [3.63, 3.8) is 0 Å². The third kappa shape index (κ3) is 3.27. The number of thiazole rings is 1. The number of aryl methyl sites for hydroxylation is 2. The number of nitrogens with one attached hydrogen (secondary N) is 1. The number of nitrogens with zero attached hydrogens (tertiary/aromatic N) is 1. The highest BCUT2D eigenvalue weighted by Gasteiger charge is 2.24. The number of aromatic nitrogens is 1. The van der Waals surface area contributed by atoms with Crippen LogP contribution in [0.4, 0.5) is 0 Å². The molecule has 17 heavy (non-hydrogen) atoms. The quantitative estimate of drug-likeness (QED) is 0.897. The standard InChI is InChI=1S/C13H22N2OS/c1-9-10(2)17-13(15-9)8-16-12-7-5-4-6-11(12)14-3/h11-12,14H,4-8H2,1-3H3. The summed E-state index contributed by atoms with van der Waals surface area (Å²) in [5.74, 6) is 0. The van der Waals surface area contributed by atoms with E-state index >= 15 is 0 Å². The summed E-state index contributed by atoms with van der Waals surface area (Å²) < 4.78 is 6.03. The van der Waals surface area contributed by atoms with E-state index in [2.05, 4.69) is 24.1 Å². The molecule has 4 heteroatoms. The highest BCUT2D eigenvalue weighted by Crippen LogP contribution is 2.23. The van der Waals surface area contributed by atoms with Crippen LogP contribution in [-0.4, -0.2) is 24.2 Å². The molecule has 1 heterocycles. The highest BCUT2D eigenvalue weighted by molar-refractivity contribution is 7.11. The smallest absolute Gasteiger partial charge is 0.119 e. The first-order chi connectivity index (χ1) is 8.20. The van der Waals surface area contributed by atoms with E-state index in [1.807, 2.05) is 7.05 Å². The minimum absolute atomic E-state index is 0.360. The average Bonchev–Trinajstić information content (AvgIpc) is 2.66. The summed E-state index contributed by atoms with van der Waals surface area (Å²) >= 11 is 1.76. The molecule has 0 radical (unpaired) electrons. The summed E-state index contributed by atoms with van der Waals surface area (Å²) in [6.07, 6.45) is 5.38. The van der Waals surface area contributed by atoms with Crippen molar-refractivity contribution in [2.24, 2.45) is 0 Å². The summed E-state index contributed by atoms with van der Waals surface area (Å²) in [5, 5.41) is 4.48. The molecule has 96 valence electrons. The van der Waals surface area contributed by atoms with Gasteiger partial charge in [0.1, 0.15) is 5.01 Å². The minimum atomic E-state index is 0.360. The van der Waals surface area contributed by atoms with Crippen LogP contribution in [0.15, 0.2) is 0 Å². The van der Waals surface area contributed by atoms with Gasteiger partial charge in [-0.2, -0.15) is 0 Å². The van der Waals surface area contributed by atoms with Crippen LogP contribution in [0.25, 0.3) is 0 Å². The molecule has 3 nitrogen and oxygen atoms in total. The first-order valence-electron chi connectivity index (χ1n) is 6.42. The molecule has 0 amide bonds. The molecule has 2 rings (SSSR count). The molecule has 1 N–H and O–H groups in total. The highest BCUT2D eigenvalue weighted by atomic mass is 32.1. The van der Waals surface area contributed by atoms with Gasteiger partial charge in [0.05, 0.1) is 18.4 Å². The normalized spacial score (nSPS) is 25.1. The molecule has 0 aromatic carbocycles. The van der Waals surface area contributed by atoms with Gasteiger partial charge in [-0.1, -0.05) is 12.8 Å². The molecular formula is C13H22N2OS. The van der Waals surface area contributed by atoms with Crippen LogP contribution >= 0.6 is 11.3 Å². The second-order valence-electron chi connectivity index (χ2n) is 4.78. The monoisotopic (exact) mass is 254 g/mol. The van der Waals surface area contributed by atoms with E-state index in [-0.39, 0.29) is 0 Å². The average molecular weight is 254 g/mol. The molecule has 1 aliphatic rings. The first-order valence-corrected chi connectivity index (χ1v) is 7.24. The molecule has 1 aliphatic carbocycles. The van der Waals surface area contributed by atoms with Gasteiger partial charge in [-0.05, 0) is 33.7 Å². The van der Waals surface area contributed by atoms with Crippen LogP contribution in [0, 0.1) is 13.8 Å². The Morgan fingerprint density at radius 1 is 1.35 bits per heavy atom. The van der Waals surface area contributed by atoms with Crippen molar-refractivity contribution in [2.45, 2.75) is 58.3 Å². The molecule has 1 saturated carbocycles. The number of ether oxygens (including phenoxy) is 1. The predicted molar refractivity (Wildman–Crippen MR) is 71.5 cm³/mol. The lowest BCUT2D eigenvalue weighted by molar-refractivity contribution is -0.00370. The third-order valence-corrected chi connectivity index (χ3v) is 4.61. The van der Waals surface area contributed by atoms with Crippen molar-refractivity contribution in [3.8, 4) is 0 Å². The van der Waals surface area contributed by atoms with Gasteiger partial charge in [0.25, 0.3) is 0 Å². The number of likely N-dealkylation sites (N-methyl/N-ethyl adjacent to an activating group) is 1. The Morgan fingerprint density at radius 2 is 2.12 bits per heavy atom. The van der Waals surface area contributed by atoms with Gasteiger partial charge in [-0.15, -0.1) is 11.3 Å². The van der Waals surface area contributed by atoms with Gasteiger partial charge in [0, 0.05) is 10.9 Å². The second-order valence-corrected chi connectivity index (χ2v) is 6.07. The van der Waals surface area contributed by atoms with E-state index in [1.54, 1.807) is 11.3 Å². The Morgan fingerprint density at radius 3 is 2.76 bits per heavy atom. The second kappa shape index (κ2) is 5.94. The van der Waals surface area contributed by atoms with E-state index in [0.717, 1.165) is 10.7 Å². The van der Waals surface area contributed by atoms with E-state index in [1.165, 1.54) is 30.6 Å². The van der Waals surface area contributed by atoms with Gasteiger partial charge < -0.3 is 10.1 Å². The minimum Gasteiger partial charge on any atom is -0.369 e. The van der Waals surface area contributed by atoms with Crippen LogP contribution in [0.5, 0.6) is 0 Å². The lowest BCUT2D eigenvalue weighted by atomic mass is 9.92. The maximum atomic E-state index is 6.03. The zero-order chi connectivity index (χ0) is 12.3. The van der Waals surface area contributed by atoms with Gasteiger partial charge >= 0.3 is 0 Å². The van der Waals surface area contributed by atoms with Crippen LogP contribution in [0.1, 0.15) is 41.3 Å². The predicted octanol–water partition coefficient (Wildman–Crippen LogP) is 2.81. The largest absolute Gasteiger partial charge is 0.369 e. The molecule has 1 aromatic rings. The van der Waals surface area contributed by atoms with Gasteiger partial charge in [-0.25, -0.2) is 4.98 Å². The maximum absolute atomic E-state index is 6.03. The molecule has 0 saturated heterocycles. The molecule has 1 aromatic heterocycles. The van der Waals surface area contributed by atoms with Crippen molar-refractivity contribution >= 4 is 11.3 Å². The topological polar surface area (TPSA) is 34.1 Å². The summed E-state index contributed by atoms with van der Waals surface area (Å²) in [5.41, 5.74) is 1.14. The number of hydrogen-bond acceptors (Lipinski definition) is 4. The fraction of sp³-hybridized carbons (Fsp3) is 0.769. The molecular weight excluding hydrogens is 232 g/mol. The maximum Gasteiger partial charge on any atom is 0.119 e. The Kier molecular flexibility index (Phi) is 4.54. The summed E-state index contributed by atoms with van der Waals surface area (Å²) in [6.45, 7) is 4.85. The molecule has 0 spiro atoms. The molecule has 0 bridgehead atoms. The summed E-state index contributed by atoms with van der Waals surface area (Å²) in [6, 6.07) is 0.519. The van der Waals surface area contributed by atoms with Crippen LogP contribution in [-0.2, 0) is 11.3 Å². The number of rotatable bonds is 4. The lowest BCUT2D eigenvalue weighted by Gasteiger charge is -2.30. The Hall–Kier alpha value is -0.450. The molecule has 0 aliphatic heterocycles. The van der Waals surface area contributed by atoms with Gasteiger partial charge in [0.15, 0.2) is 0 Å². The Labute approximate surface area is 108 Å². The fourth-order valence-corrected chi connectivity index (χ4v) is 3.26. The zero-order valence-corrected chi connectivity index (χ0v) is 11.8. The summed E-state index contributed by atoms with van der Waals surface area (Å²) in [7, 11) is 2.03. The zero-order valence-electron chi connectivity index (χ0n) is 11.0. The molecule has 2 atom stereocenters.